The highest BCUT2D eigenvalue weighted by atomic mass is 35.5. The number of nitrogens with zero attached hydrogens (tertiary/aromatic N) is 1. The Morgan fingerprint density at radius 1 is 1.42 bits per heavy atom. The number of nitrogens with one attached hydrogen (secondary N) is 1. The van der Waals surface area contributed by atoms with Crippen LogP contribution in [0.1, 0.15) is 22.7 Å². The first-order chi connectivity index (χ1) is 9.04. The number of aromatic nitrogens is 1. The molecule has 3 nitrogen and oxygen atoms in total. The highest BCUT2D eigenvalue weighted by molar-refractivity contribution is 7.09. The minimum atomic E-state index is -0.00363. The molecular weight excluding hydrogens is 280 g/mol. The smallest absolute Gasteiger partial charge is 0.224 e. The fraction of sp³-hybridized carbons (Fsp3) is 0.286. The van der Waals surface area contributed by atoms with Crippen molar-refractivity contribution in [2.45, 2.75) is 26.7 Å². The lowest BCUT2D eigenvalue weighted by Gasteiger charge is -2.08. The van der Waals surface area contributed by atoms with Crippen molar-refractivity contribution in [2.24, 2.45) is 0 Å². The second-order valence-electron chi connectivity index (χ2n) is 4.37. The zero-order valence-corrected chi connectivity index (χ0v) is 12.4. The number of hydrogen-bond acceptors (Lipinski definition) is 3. The van der Waals surface area contributed by atoms with Gasteiger partial charge in [0, 0.05) is 22.5 Å². The van der Waals surface area contributed by atoms with E-state index in [4.69, 9.17) is 11.6 Å². The van der Waals surface area contributed by atoms with E-state index in [0.717, 1.165) is 22.0 Å². The van der Waals surface area contributed by atoms with Crippen molar-refractivity contribution >= 4 is 34.5 Å². The van der Waals surface area contributed by atoms with Gasteiger partial charge in [-0.1, -0.05) is 11.6 Å². The predicted molar refractivity (Wildman–Crippen MR) is 80.0 cm³/mol. The molecule has 2 rings (SSSR count). The Hall–Kier alpha value is -1.39. The molecule has 0 spiro atoms. The van der Waals surface area contributed by atoms with Crippen molar-refractivity contribution in [1.82, 2.24) is 4.98 Å². The van der Waals surface area contributed by atoms with Gasteiger partial charge in [0.25, 0.3) is 0 Å². The van der Waals surface area contributed by atoms with Crippen molar-refractivity contribution in [3.63, 3.8) is 0 Å². The van der Waals surface area contributed by atoms with Crippen LogP contribution in [0, 0.1) is 13.8 Å². The van der Waals surface area contributed by atoms with Crippen LogP contribution in [-0.4, -0.2) is 10.9 Å². The Morgan fingerprint density at radius 3 is 2.84 bits per heavy atom. The van der Waals surface area contributed by atoms with Crippen LogP contribution >= 0.6 is 22.9 Å². The average Bonchev–Trinajstić information content (AvgIpc) is 2.76. The van der Waals surface area contributed by atoms with Gasteiger partial charge in [-0.15, -0.1) is 11.3 Å². The van der Waals surface area contributed by atoms with E-state index in [1.165, 1.54) is 0 Å². The zero-order chi connectivity index (χ0) is 13.8. The van der Waals surface area contributed by atoms with Gasteiger partial charge in [-0.2, -0.15) is 0 Å². The first kappa shape index (κ1) is 14.0. The fourth-order valence-corrected chi connectivity index (χ4v) is 2.62. The number of carbonyl (C=O) groups is 1. The molecule has 1 N–H and O–H groups in total. The quantitative estimate of drug-likeness (QED) is 0.926. The van der Waals surface area contributed by atoms with Gasteiger partial charge in [-0.3, -0.25) is 4.79 Å². The summed E-state index contributed by atoms with van der Waals surface area (Å²) < 4.78 is 0. The number of rotatable bonds is 4. The summed E-state index contributed by atoms with van der Waals surface area (Å²) in [5.74, 6) is -0.00363. The van der Waals surface area contributed by atoms with Gasteiger partial charge >= 0.3 is 0 Å². The second-order valence-corrected chi connectivity index (χ2v) is 5.86. The molecule has 0 radical (unpaired) electrons. The molecule has 0 saturated carbocycles. The molecule has 0 bridgehead atoms. The van der Waals surface area contributed by atoms with Crippen molar-refractivity contribution in [3.05, 3.63) is 44.9 Å². The van der Waals surface area contributed by atoms with Gasteiger partial charge in [0.1, 0.15) is 0 Å². The fourth-order valence-electron chi connectivity index (χ4n) is 1.74. The molecule has 0 aliphatic heterocycles. The number of carbonyl (C=O) groups excluding carboxylic acids is 1. The van der Waals surface area contributed by atoms with E-state index in [1.807, 2.05) is 31.4 Å². The number of halogens is 1. The summed E-state index contributed by atoms with van der Waals surface area (Å²) in [5, 5.41) is 6.59. The van der Waals surface area contributed by atoms with Crippen LogP contribution in [0.15, 0.2) is 23.6 Å². The molecule has 1 heterocycles. The maximum absolute atomic E-state index is 11.9. The van der Waals surface area contributed by atoms with Crippen LogP contribution in [-0.2, 0) is 11.2 Å². The molecule has 2 aromatic rings. The topological polar surface area (TPSA) is 42.0 Å². The summed E-state index contributed by atoms with van der Waals surface area (Å²) in [6, 6.07) is 5.43. The lowest BCUT2D eigenvalue weighted by atomic mass is 10.2. The van der Waals surface area contributed by atoms with E-state index in [9.17, 15) is 4.79 Å². The van der Waals surface area contributed by atoms with Gasteiger partial charge in [0.05, 0.1) is 10.7 Å². The lowest BCUT2D eigenvalue weighted by molar-refractivity contribution is -0.116. The molecule has 0 atom stereocenters. The number of hydrogen-bond donors (Lipinski definition) is 1. The largest absolute Gasteiger partial charge is 0.326 e. The van der Waals surface area contributed by atoms with E-state index in [1.54, 1.807) is 17.4 Å². The Morgan fingerprint density at radius 2 is 2.21 bits per heavy atom. The first-order valence-corrected chi connectivity index (χ1v) is 7.27. The molecule has 5 heteroatoms. The molecule has 1 aromatic carbocycles. The highest BCUT2D eigenvalue weighted by Crippen LogP contribution is 2.20. The number of aryl methyl sites for hydroxylation is 3. The summed E-state index contributed by atoms with van der Waals surface area (Å²) >= 11 is 7.48. The average molecular weight is 295 g/mol. The maximum atomic E-state index is 11.9. The van der Waals surface area contributed by atoms with Crippen molar-refractivity contribution in [1.29, 1.82) is 0 Å². The van der Waals surface area contributed by atoms with Crippen molar-refractivity contribution < 1.29 is 4.79 Å². The van der Waals surface area contributed by atoms with Crippen LogP contribution in [0.2, 0.25) is 5.02 Å². The Labute approximate surface area is 121 Å². The van der Waals surface area contributed by atoms with Crippen LogP contribution in [0.25, 0.3) is 0 Å². The number of thiazole rings is 1. The molecule has 100 valence electrons. The number of anilines is 1. The minimum absolute atomic E-state index is 0.00363. The maximum Gasteiger partial charge on any atom is 0.224 e. The Kier molecular flexibility index (Phi) is 4.56. The van der Waals surface area contributed by atoms with Crippen LogP contribution in [0.4, 0.5) is 5.69 Å². The third kappa shape index (κ3) is 4.04. The summed E-state index contributed by atoms with van der Waals surface area (Å²) in [4.78, 5) is 16.2. The van der Waals surface area contributed by atoms with Crippen LogP contribution < -0.4 is 5.32 Å². The van der Waals surface area contributed by atoms with E-state index in [-0.39, 0.29) is 5.91 Å². The summed E-state index contributed by atoms with van der Waals surface area (Å²) in [7, 11) is 0. The summed E-state index contributed by atoms with van der Waals surface area (Å²) in [5.41, 5.74) is 2.75. The number of benzene rings is 1. The van der Waals surface area contributed by atoms with E-state index < -0.39 is 0 Å². The van der Waals surface area contributed by atoms with Gasteiger partial charge in [0.15, 0.2) is 0 Å². The monoisotopic (exact) mass is 294 g/mol. The zero-order valence-electron chi connectivity index (χ0n) is 10.9. The lowest BCUT2D eigenvalue weighted by Crippen LogP contribution is -2.13. The Balaban J connectivity index is 1.90. The summed E-state index contributed by atoms with van der Waals surface area (Å²) in [6.07, 6.45) is 1.11. The molecule has 1 amide bonds. The first-order valence-electron chi connectivity index (χ1n) is 6.01. The third-order valence-corrected chi connectivity index (χ3v) is 3.79. The van der Waals surface area contributed by atoms with E-state index in [2.05, 4.69) is 10.3 Å². The number of amides is 1. The van der Waals surface area contributed by atoms with Crippen LogP contribution in [0.5, 0.6) is 0 Å². The van der Waals surface area contributed by atoms with Gasteiger partial charge in [-0.05, 0) is 44.0 Å². The second kappa shape index (κ2) is 6.17. The van der Waals surface area contributed by atoms with Gasteiger partial charge in [-0.25, -0.2) is 4.98 Å². The third-order valence-electron chi connectivity index (χ3n) is 2.74. The van der Waals surface area contributed by atoms with Crippen molar-refractivity contribution in [2.75, 3.05) is 5.32 Å². The minimum Gasteiger partial charge on any atom is -0.326 e. The molecule has 19 heavy (non-hydrogen) atoms. The Bertz CT molecular complexity index is 595. The standard InChI is InChI=1S/C14H15ClN2OS/c1-9-7-11(15)3-5-13(9)17-14(18)6-4-12-8-19-10(2)16-12/h3,5,7-8H,4,6H2,1-2H3,(H,17,18). The SMILES string of the molecule is Cc1nc(CCC(=O)Nc2ccc(Cl)cc2C)cs1. The van der Waals surface area contributed by atoms with Crippen LogP contribution in [0.3, 0.4) is 0 Å². The molecule has 0 saturated heterocycles. The molecular formula is C14H15ClN2OS. The molecule has 0 aliphatic carbocycles. The molecule has 0 fully saturated rings. The van der Waals surface area contributed by atoms with Gasteiger partial charge < -0.3 is 5.32 Å². The normalized spacial score (nSPS) is 10.5. The van der Waals surface area contributed by atoms with Crippen molar-refractivity contribution in [3.8, 4) is 0 Å². The molecule has 1 aromatic heterocycles. The van der Waals surface area contributed by atoms with Gasteiger partial charge in [0.2, 0.25) is 5.91 Å². The summed E-state index contributed by atoms with van der Waals surface area (Å²) in [6.45, 7) is 3.89. The van der Waals surface area contributed by atoms with E-state index in [0.29, 0.717) is 17.9 Å². The predicted octanol–water partition coefficient (Wildman–Crippen LogP) is 3.98. The molecule has 0 aliphatic rings. The van der Waals surface area contributed by atoms with E-state index >= 15 is 0 Å². The molecule has 0 unspecified atom stereocenters. The highest BCUT2D eigenvalue weighted by Gasteiger charge is 2.07.